The van der Waals surface area contributed by atoms with Crippen LogP contribution in [0.1, 0.15) is 19.8 Å². The second-order valence-corrected chi connectivity index (χ2v) is 3.99. The molecule has 0 saturated heterocycles. The van der Waals surface area contributed by atoms with E-state index in [0.717, 1.165) is 12.8 Å². The third-order valence-corrected chi connectivity index (χ3v) is 2.61. The Hall–Kier alpha value is 0.0700. The molecule has 0 fully saturated rings. The molecule has 0 amide bonds. The van der Waals surface area contributed by atoms with Crippen LogP contribution < -0.4 is 11.8 Å². The number of unbranched alkanes of at least 4 members (excludes halogenated alkanes) is 1. The molecule has 0 aromatic carbocycles. The standard InChI is InChI=1S/C4H13N2O3P/c1-2-3-4-10(7,8-5)9-6/h2-6H2,1H3. The first-order chi connectivity index (χ1) is 4.68. The lowest BCUT2D eigenvalue weighted by atomic mass is 10.4. The highest BCUT2D eigenvalue weighted by atomic mass is 31.2. The van der Waals surface area contributed by atoms with Crippen molar-refractivity contribution >= 4 is 7.60 Å². The zero-order valence-corrected chi connectivity index (χ0v) is 6.84. The van der Waals surface area contributed by atoms with E-state index < -0.39 is 7.60 Å². The van der Waals surface area contributed by atoms with Gasteiger partial charge in [-0.25, -0.2) is 21.0 Å². The van der Waals surface area contributed by atoms with E-state index in [9.17, 15) is 4.57 Å². The van der Waals surface area contributed by atoms with Gasteiger partial charge in [0.2, 0.25) is 0 Å². The molecule has 5 nitrogen and oxygen atoms in total. The topological polar surface area (TPSA) is 87.6 Å². The van der Waals surface area contributed by atoms with Crippen molar-refractivity contribution in [3.05, 3.63) is 0 Å². The lowest BCUT2D eigenvalue weighted by molar-refractivity contribution is 0.211. The Bertz CT molecular complexity index is 122. The molecular formula is C4H13N2O3P. The smallest absolute Gasteiger partial charge is 0.257 e. The average Bonchev–Trinajstić information content (AvgIpc) is 2.00. The quantitative estimate of drug-likeness (QED) is 0.467. The summed E-state index contributed by atoms with van der Waals surface area (Å²) in [6.45, 7) is 1.96. The molecule has 10 heavy (non-hydrogen) atoms. The van der Waals surface area contributed by atoms with Crippen molar-refractivity contribution in [3.63, 3.8) is 0 Å². The molecule has 0 radical (unpaired) electrons. The zero-order chi connectivity index (χ0) is 8.04. The van der Waals surface area contributed by atoms with Crippen molar-refractivity contribution in [2.45, 2.75) is 19.8 Å². The molecule has 0 aliphatic heterocycles. The fourth-order valence-electron chi connectivity index (χ4n) is 0.482. The van der Waals surface area contributed by atoms with Gasteiger partial charge >= 0.3 is 7.60 Å². The Morgan fingerprint density at radius 2 is 1.90 bits per heavy atom. The molecule has 4 N–H and O–H groups in total. The lowest BCUT2D eigenvalue weighted by Crippen LogP contribution is -2.07. The van der Waals surface area contributed by atoms with Crippen molar-refractivity contribution in [3.8, 4) is 0 Å². The van der Waals surface area contributed by atoms with Gasteiger partial charge in [-0.05, 0) is 6.42 Å². The molecule has 0 rings (SSSR count). The van der Waals surface area contributed by atoms with Crippen LogP contribution in [0.5, 0.6) is 0 Å². The van der Waals surface area contributed by atoms with Crippen LogP contribution >= 0.6 is 7.60 Å². The summed E-state index contributed by atoms with van der Waals surface area (Å²) in [6, 6.07) is 0. The first-order valence-electron chi connectivity index (χ1n) is 3.04. The number of hydrogen-bond donors (Lipinski definition) is 2. The molecule has 0 aromatic heterocycles. The number of nitrogens with two attached hydrogens (primary N) is 2. The number of rotatable bonds is 5. The van der Waals surface area contributed by atoms with Crippen LogP contribution in [0.3, 0.4) is 0 Å². The minimum absolute atomic E-state index is 0.274. The Morgan fingerprint density at radius 3 is 2.20 bits per heavy atom. The van der Waals surface area contributed by atoms with Gasteiger partial charge in [0, 0.05) is 0 Å². The summed E-state index contributed by atoms with van der Waals surface area (Å²) >= 11 is 0. The highest BCUT2D eigenvalue weighted by Gasteiger charge is 2.21. The Kier molecular flexibility index (Phi) is 4.85. The largest absolute Gasteiger partial charge is 0.362 e. The molecule has 0 heterocycles. The number of hydrogen-bond acceptors (Lipinski definition) is 5. The molecule has 0 bridgehead atoms. The van der Waals surface area contributed by atoms with Gasteiger partial charge < -0.3 is 0 Å². The third kappa shape index (κ3) is 3.29. The molecule has 0 aliphatic rings. The van der Waals surface area contributed by atoms with E-state index in [4.69, 9.17) is 11.8 Å². The van der Waals surface area contributed by atoms with Gasteiger partial charge in [-0.2, -0.15) is 0 Å². The van der Waals surface area contributed by atoms with Crippen LogP contribution in [0.4, 0.5) is 0 Å². The minimum atomic E-state index is -3.14. The van der Waals surface area contributed by atoms with Crippen LogP contribution in [0.25, 0.3) is 0 Å². The Balaban J connectivity index is 3.70. The fraction of sp³-hybridized carbons (Fsp3) is 1.00. The van der Waals surface area contributed by atoms with E-state index >= 15 is 0 Å². The van der Waals surface area contributed by atoms with Crippen LogP contribution in [-0.2, 0) is 13.8 Å². The molecule has 0 spiro atoms. The molecule has 0 aromatic rings. The molecule has 0 atom stereocenters. The molecular weight excluding hydrogens is 155 g/mol. The van der Waals surface area contributed by atoms with Crippen molar-refractivity contribution in [1.29, 1.82) is 0 Å². The maximum Gasteiger partial charge on any atom is 0.362 e. The van der Waals surface area contributed by atoms with E-state index in [2.05, 4.69) is 9.25 Å². The second-order valence-electron chi connectivity index (χ2n) is 1.90. The van der Waals surface area contributed by atoms with Crippen LogP contribution in [-0.4, -0.2) is 6.16 Å². The van der Waals surface area contributed by atoms with E-state index in [-0.39, 0.29) is 6.16 Å². The van der Waals surface area contributed by atoms with E-state index in [1.807, 2.05) is 6.92 Å². The third-order valence-electron chi connectivity index (χ3n) is 1.11. The van der Waals surface area contributed by atoms with Gasteiger partial charge in [0.1, 0.15) is 0 Å². The summed E-state index contributed by atoms with van der Waals surface area (Å²) in [7, 11) is -3.14. The first-order valence-corrected chi connectivity index (χ1v) is 4.77. The summed E-state index contributed by atoms with van der Waals surface area (Å²) in [5.74, 6) is 9.38. The van der Waals surface area contributed by atoms with Crippen LogP contribution in [0.15, 0.2) is 0 Å². The van der Waals surface area contributed by atoms with Crippen molar-refractivity contribution in [2.75, 3.05) is 6.16 Å². The molecule has 0 saturated carbocycles. The lowest BCUT2D eigenvalue weighted by Gasteiger charge is -2.09. The maximum atomic E-state index is 11.0. The maximum absolute atomic E-state index is 11.0. The second kappa shape index (κ2) is 4.82. The van der Waals surface area contributed by atoms with E-state index in [1.54, 1.807) is 0 Å². The fourth-order valence-corrected chi connectivity index (χ4v) is 1.45. The molecule has 0 aliphatic carbocycles. The van der Waals surface area contributed by atoms with Crippen molar-refractivity contribution < 1.29 is 13.8 Å². The van der Waals surface area contributed by atoms with Gasteiger partial charge in [-0.15, -0.1) is 0 Å². The van der Waals surface area contributed by atoms with Gasteiger partial charge in [-0.1, -0.05) is 13.3 Å². The van der Waals surface area contributed by atoms with Gasteiger partial charge in [0.05, 0.1) is 6.16 Å². The Labute approximate surface area is 60.1 Å². The van der Waals surface area contributed by atoms with Crippen LogP contribution in [0.2, 0.25) is 0 Å². The van der Waals surface area contributed by atoms with Gasteiger partial charge in [0.15, 0.2) is 0 Å². The Morgan fingerprint density at radius 1 is 1.40 bits per heavy atom. The summed E-state index contributed by atoms with van der Waals surface area (Å²) < 4.78 is 19.2. The molecule has 62 valence electrons. The SMILES string of the molecule is CCCCP(=O)(ON)ON. The summed E-state index contributed by atoms with van der Waals surface area (Å²) in [5.41, 5.74) is 0. The normalized spacial score (nSPS) is 11.9. The summed E-state index contributed by atoms with van der Waals surface area (Å²) in [6.07, 6.45) is 1.90. The molecule has 6 heteroatoms. The highest BCUT2D eigenvalue weighted by Crippen LogP contribution is 2.44. The summed E-state index contributed by atoms with van der Waals surface area (Å²) in [4.78, 5) is 0. The highest BCUT2D eigenvalue weighted by molar-refractivity contribution is 7.53. The van der Waals surface area contributed by atoms with E-state index in [1.165, 1.54) is 0 Å². The average molecular weight is 168 g/mol. The predicted molar refractivity (Wildman–Crippen MR) is 37.9 cm³/mol. The summed E-state index contributed by atoms with van der Waals surface area (Å²) in [5, 5.41) is 0. The van der Waals surface area contributed by atoms with Gasteiger partial charge in [0.25, 0.3) is 0 Å². The van der Waals surface area contributed by atoms with Crippen molar-refractivity contribution in [2.24, 2.45) is 11.8 Å². The van der Waals surface area contributed by atoms with E-state index in [0.29, 0.717) is 0 Å². The molecule has 0 unspecified atom stereocenters. The minimum Gasteiger partial charge on any atom is -0.257 e. The predicted octanol–water partition coefficient (Wildman–Crippen LogP) is 0.760. The monoisotopic (exact) mass is 168 g/mol. The van der Waals surface area contributed by atoms with Crippen LogP contribution in [0, 0.1) is 0 Å². The van der Waals surface area contributed by atoms with Gasteiger partial charge in [-0.3, -0.25) is 4.57 Å². The van der Waals surface area contributed by atoms with Crippen molar-refractivity contribution in [1.82, 2.24) is 0 Å². The zero-order valence-electron chi connectivity index (χ0n) is 5.95. The first kappa shape index (κ1) is 10.1.